The van der Waals surface area contributed by atoms with Crippen LogP contribution in [0.5, 0.6) is 0 Å². The summed E-state index contributed by atoms with van der Waals surface area (Å²) in [7, 11) is -4.66. The van der Waals surface area contributed by atoms with Gasteiger partial charge in [0.15, 0.2) is 0 Å². The van der Waals surface area contributed by atoms with Gasteiger partial charge in [0.2, 0.25) is 0 Å². The summed E-state index contributed by atoms with van der Waals surface area (Å²) in [5.74, 6) is -1.15. The molecule has 0 spiro atoms. The monoisotopic (exact) mass is 754 g/mol. The Morgan fingerprint density at radius 3 is 1.31 bits per heavy atom. The number of hydrogen-bond acceptors (Lipinski definition) is 9. The third-order valence-corrected chi connectivity index (χ3v) is 8.98. The fourth-order valence-electron chi connectivity index (χ4n) is 5.01. The van der Waals surface area contributed by atoms with Crippen molar-refractivity contribution >= 4 is 19.8 Å². The molecule has 3 N–H and O–H groups in total. The molecule has 10 nitrogen and oxygen atoms in total. The topological polar surface area (TPSA) is 149 Å². The van der Waals surface area contributed by atoms with Crippen LogP contribution in [0.15, 0.2) is 60.8 Å². The molecule has 0 aromatic rings. The smallest absolute Gasteiger partial charge is 0.457 e. The maximum Gasteiger partial charge on any atom is 0.472 e. The minimum Gasteiger partial charge on any atom is -0.457 e. The SMILES string of the molecule is CC/C=C\C/C=C\C/C=C\C/C=C\C/C=C\CC(=O)OC(CO)COP(=O)(O)OCC(CO)OC(=O)CCCCCCCCCCCCCCCC. The number of allylic oxidation sites excluding steroid dienone is 9. The number of aliphatic hydroxyl groups excluding tert-OH is 2. The summed E-state index contributed by atoms with van der Waals surface area (Å²) in [6.07, 6.45) is 39.4. The van der Waals surface area contributed by atoms with E-state index in [-0.39, 0.29) is 12.8 Å². The molecule has 0 heterocycles. The second kappa shape index (κ2) is 37.0. The second-order valence-corrected chi connectivity index (χ2v) is 14.4. The molecule has 52 heavy (non-hydrogen) atoms. The Balaban J connectivity index is 4.08. The summed E-state index contributed by atoms with van der Waals surface area (Å²) in [5.41, 5.74) is 0. The van der Waals surface area contributed by atoms with E-state index >= 15 is 0 Å². The molecule has 0 aromatic carbocycles. The number of hydrogen-bond donors (Lipinski definition) is 3. The lowest BCUT2D eigenvalue weighted by molar-refractivity contribution is -0.153. The molecule has 0 rings (SSSR count). The van der Waals surface area contributed by atoms with Crippen molar-refractivity contribution in [1.29, 1.82) is 0 Å². The Labute approximate surface area is 315 Å². The van der Waals surface area contributed by atoms with Gasteiger partial charge in [-0.1, -0.05) is 158 Å². The fraction of sp³-hybridized carbons (Fsp3) is 0.707. The zero-order chi connectivity index (χ0) is 38.4. The number of carbonyl (C=O) groups is 2. The lowest BCUT2D eigenvalue weighted by atomic mass is 10.0. The summed E-state index contributed by atoms with van der Waals surface area (Å²) in [6.45, 7) is 1.96. The zero-order valence-electron chi connectivity index (χ0n) is 32.3. The lowest BCUT2D eigenvalue weighted by Gasteiger charge is -2.20. The van der Waals surface area contributed by atoms with Crippen molar-refractivity contribution in [2.24, 2.45) is 0 Å². The third kappa shape index (κ3) is 34.7. The van der Waals surface area contributed by atoms with Crippen LogP contribution < -0.4 is 0 Å². The lowest BCUT2D eigenvalue weighted by Crippen LogP contribution is -2.28. The molecule has 0 aromatic heterocycles. The molecule has 0 saturated heterocycles. The Hall–Kier alpha value is -2.33. The van der Waals surface area contributed by atoms with Crippen LogP contribution in [-0.2, 0) is 32.7 Å². The quantitative estimate of drug-likeness (QED) is 0.0244. The van der Waals surface area contributed by atoms with Crippen LogP contribution in [0.3, 0.4) is 0 Å². The van der Waals surface area contributed by atoms with Crippen molar-refractivity contribution in [2.75, 3.05) is 26.4 Å². The Morgan fingerprint density at radius 2 is 0.904 bits per heavy atom. The fourth-order valence-corrected chi connectivity index (χ4v) is 5.80. The van der Waals surface area contributed by atoms with Crippen LogP contribution in [0.4, 0.5) is 0 Å². The van der Waals surface area contributed by atoms with Crippen molar-refractivity contribution in [1.82, 2.24) is 0 Å². The maximum absolute atomic E-state index is 12.3. The molecule has 300 valence electrons. The number of ether oxygens (including phenoxy) is 2. The first-order valence-electron chi connectivity index (χ1n) is 19.7. The molecular formula is C41H71O10P. The second-order valence-electron chi connectivity index (χ2n) is 12.9. The predicted octanol–water partition coefficient (Wildman–Crippen LogP) is 9.94. The summed E-state index contributed by atoms with van der Waals surface area (Å²) < 4.78 is 32.3. The molecule has 0 aliphatic carbocycles. The Kier molecular flexibility index (Phi) is 35.3. The molecule has 0 aliphatic rings. The molecule has 0 saturated carbocycles. The highest BCUT2D eigenvalue weighted by Crippen LogP contribution is 2.43. The van der Waals surface area contributed by atoms with Gasteiger partial charge in [-0.3, -0.25) is 18.6 Å². The Morgan fingerprint density at radius 1 is 0.538 bits per heavy atom. The van der Waals surface area contributed by atoms with E-state index in [2.05, 4.69) is 50.3 Å². The van der Waals surface area contributed by atoms with Gasteiger partial charge in [0.05, 0.1) is 32.8 Å². The molecule has 3 unspecified atom stereocenters. The van der Waals surface area contributed by atoms with Gasteiger partial charge in [0, 0.05) is 6.42 Å². The minimum atomic E-state index is -4.66. The highest BCUT2D eigenvalue weighted by Gasteiger charge is 2.27. The first-order chi connectivity index (χ1) is 25.3. The van der Waals surface area contributed by atoms with E-state index in [9.17, 15) is 29.3 Å². The van der Waals surface area contributed by atoms with E-state index in [1.54, 1.807) is 6.08 Å². The summed E-state index contributed by atoms with van der Waals surface area (Å²) >= 11 is 0. The number of phosphoric acid groups is 1. The molecular weight excluding hydrogens is 683 g/mol. The molecule has 11 heteroatoms. The predicted molar refractivity (Wildman–Crippen MR) is 210 cm³/mol. The standard InChI is InChI=1S/C41H71O10P/c1-3-5-7-9-11-13-15-17-19-21-23-25-27-29-31-33-41(45)51-39(35-43)37-49-52(46,47)48-36-38(34-42)50-40(44)32-30-28-26-24-22-20-18-16-14-12-10-8-6-4-2/h5,7,11,13,17,19,23,25,29,31,38-39,42-43H,3-4,6,8-10,12,14-16,18,20-22,24,26-28,30,32-37H2,1-2H3,(H,46,47)/b7-5-,13-11-,19-17-,25-23-,31-29-. The van der Waals surface area contributed by atoms with Gasteiger partial charge >= 0.3 is 19.8 Å². The van der Waals surface area contributed by atoms with Crippen LogP contribution in [0.1, 0.15) is 149 Å². The normalized spacial score (nSPS) is 14.6. The number of esters is 2. The van der Waals surface area contributed by atoms with Crippen molar-refractivity contribution in [3.63, 3.8) is 0 Å². The van der Waals surface area contributed by atoms with Crippen LogP contribution >= 0.6 is 7.82 Å². The number of phosphoric ester groups is 1. The number of unbranched alkanes of at least 4 members (excludes halogenated alkanes) is 13. The molecule has 0 radical (unpaired) electrons. The first-order valence-corrected chi connectivity index (χ1v) is 21.2. The average molecular weight is 755 g/mol. The van der Waals surface area contributed by atoms with Crippen molar-refractivity contribution in [2.45, 2.75) is 161 Å². The largest absolute Gasteiger partial charge is 0.472 e. The van der Waals surface area contributed by atoms with Crippen LogP contribution in [0.25, 0.3) is 0 Å². The molecule has 0 fully saturated rings. The van der Waals surface area contributed by atoms with Crippen molar-refractivity contribution in [3.8, 4) is 0 Å². The van der Waals surface area contributed by atoms with Gasteiger partial charge in [-0.15, -0.1) is 0 Å². The zero-order valence-corrected chi connectivity index (χ0v) is 33.1. The highest BCUT2D eigenvalue weighted by atomic mass is 31.2. The number of aliphatic hydroxyl groups is 2. The van der Waals surface area contributed by atoms with Crippen LogP contribution in [0.2, 0.25) is 0 Å². The van der Waals surface area contributed by atoms with E-state index < -0.39 is 58.4 Å². The molecule has 3 atom stereocenters. The average Bonchev–Trinajstić information content (AvgIpc) is 3.13. The highest BCUT2D eigenvalue weighted by molar-refractivity contribution is 7.47. The van der Waals surface area contributed by atoms with Gasteiger partial charge in [-0.05, 0) is 38.5 Å². The maximum atomic E-state index is 12.3. The van der Waals surface area contributed by atoms with Crippen LogP contribution in [-0.4, -0.2) is 65.7 Å². The summed E-state index contributed by atoms with van der Waals surface area (Å²) in [5, 5.41) is 19.1. The third-order valence-electron chi connectivity index (χ3n) is 8.03. The van der Waals surface area contributed by atoms with E-state index in [1.807, 2.05) is 18.2 Å². The van der Waals surface area contributed by atoms with Gasteiger partial charge in [0.1, 0.15) is 12.2 Å². The number of carbonyl (C=O) groups excluding carboxylic acids is 2. The van der Waals surface area contributed by atoms with Gasteiger partial charge in [-0.2, -0.15) is 0 Å². The molecule has 0 bridgehead atoms. The first kappa shape index (κ1) is 49.7. The minimum absolute atomic E-state index is 0.0415. The summed E-state index contributed by atoms with van der Waals surface area (Å²) in [6, 6.07) is 0. The van der Waals surface area contributed by atoms with Gasteiger partial charge in [0.25, 0.3) is 0 Å². The Bertz CT molecular complexity index is 1050. The molecule has 0 aliphatic heterocycles. The van der Waals surface area contributed by atoms with Gasteiger partial charge in [-0.25, -0.2) is 4.57 Å². The van der Waals surface area contributed by atoms with Crippen molar-refractivity contribution in [3.05, 3.63) is 60.8 Å². The van der Waals surface area contributed by atoms with E-state index in [0.29, 0.717) is 12.8 Å². The van der Waals surface area contributed by atoms with E-state index in [1.165, 1.54) is 64.2 Å². The summed E-state index contributed by atoms with van der Waals surface area (Å²) in [4.78, 5) is 34.3. The number of rotatable bonds is 36. The molecule has 0 amide bonds. The van der Waals surface area contributed by atoms with Crippen molar-refractivity contribution < 1.29 is 47.8 Å². The van der Waals surface area contributed by atoms with E-state index in [4.69, 9.17) is 18.5 Å². The van der Waals surface area contributed by atoms with Gasteiger partial charge < -0.3 is 24.6 Å². The van der Waals surface area contributed by atoms with E-state index in [0.717, 1.165) is 44.9 Å². The van der Waals surface area contributed by atoms with Crippen LogP contribution in [0, 0.1) is 0 Å².